The van der Waals surface area contributed by atoms with E-state index < -0.39 is 10.8 Å². The van der Waals surface area contributed by atoms with Crippen molar-refractivity contribution in [3.05, 3.63) is 414 Å². The maximum atomic E-state index is 3.94. The van der Waals surface area contributed by atoms with Gasteiger partial charge in [-0.15, -0.1) is 0 Å². The number of nitrogens with one attached hydrogen (secondary N) is 1. The second kappa shape index (κ2) is 21.6. The summed E-state index contributed by atoms with van der Waals surface area (Å²) in [6, 6.07) is 136. The number of hydrogen-bond acceptors (Lipinski definition) is 2. The zero-order valence-electron chi connectivity index (χ0n) is 57.0. The first kappa shape index (κ1) is 58.0. The van der Waals surface area contributed by atoms with Crippen molar-refractivity contribution < 1.29 is 0 Å². The van der Waals surface area contributed by atoms with Crippen molar-refractivity contribution in [3.8, 4) is 89.0 Å². The Morgan fingerprint density at radius 1 is 0.223 bits per heavy atom. The molecule has 0 aromatic heterocycles. The van der Waals surface area contributed by atoms with Crippen molar-refractivity contribution in [2.45, 2.75) is 30.1 Å². The van der Waals surface area contributed by atoms with E-state index >= 15 is 0 Å². The molecule has 480 valence electrons. The lowest BCUT2D eigenvalue weighted by Crippen LogP contribution is -2.26. The highest BCUT2D eigenvalue weighted by atomic mass is 15.1. The Kier molecular flexibility index (Phi) is 12.1. The maximum absolute atomic E-state index is 3.94. The van der Waals surface area contributed by atoms with E-state index in [4.69, 9.17) is 0 Å². The second-order valence-electron chi connectivity index (χ2n) is 29.3. The molecule has 0 saturated heterocycles. The average molecular weight is 1310 g/mol. The molecular weight excluding hydrogens is 1240 g/mol. The average Bonchev–Trinajstić information content (AvgIpc) is 1.51. The van der Waals surface area contributed by atoms with Crippen molar-refractivity contribution in [2.24, 2.45) is 0 Å². The van der Waals surface area contributed by atoms with Gasteiger partial charge in [0.05, 0.1) is 16.5 Å². The van der Waals surface area contributed by atoms with Gasteiger partial charge in [-0.3, -0.25) is 0 Å². The van der Waals surface area contributed by atoms with E-state index in [0.29, 0.717) is 0 Å². The van der Waals surface area contributed by atoms with Crippen LogP contribution in [0.3, 0.4) is 0 Å². The Bertz CT molecular complexity index is 6480. The molecule has 2 atom stereocenters. The van der Waals surface area contributed by atoms with Crippen LogP contribution < -0.4 is 10.2 Å². The highest BCUT2D eigenvalue weighted by Crippen LogP contribution is 2.68. The van der Waals surface area contributed by atoms with Gasteiger partial charge in [-0.1, -0.05) is 305 Å². The van der Waals surface area contributed by atoms with Gasteiger partial charge in [0.15, 0.2) is 0 Å². The fourth-order valence-corrected chi connectivity index (χ4v) is 19.8. The molecule has 22 rings (SSSR count). The summed E-state index contributed by atoms with van der Waals surface area (Å²) in [6.45, 7) is 4.84. The van der Waals surface area contributed by atoms with Gasteiger partial charge in [-0.2, -0.15) is 0 Å². The molecule has 5 aliphatic rings. The molecule has 0 radical (unpaired) electrons. The number of nitrogens with zero attached hydrogens (tertiary/aromatic N) is 1. The van der Waals surface area contributed by atoms with Gasteiger partial charge < -0.3 is 10.2 Å². The predicted molar refractivity (Wildman–Crippen MR) is 430 cm³/mol. The smallest absolute Gasteiger partial charge is 0.0726 e. The predicted octanol–water partition coefficient (Wildman–Crippen LogP) is 26.4. The van der Waals surface area contributed by atoms with Crippen LogP contribution in [0.4, 0.5) is 28.4 Å². The van der Waals surface area contributed by atoms with E-state index in [1.54, 1.807) is 0 Å². The fourth-order valence-electron chi connectivity index (χ4n) is 19.8. The quantitative estimate of drug-likeness (QED) is 0.153. The number of anilines is 5. The third-order valence-electron chi connectivity index (χ3n) is 24.1. The van der Waals surface area contributed by atoms with Gasteiger partial charge in [0.1, 0.15) is 0 Å². The summed E-state index contributed by atoms with van der Waals surface area (Å²) in [5.41, 5.74) is 37.1. The number of fused-ring (bicyclic) bond motifs is 29. The van der Waals surface area contributed by atoms with Crippen molar-refractivity contribution >= 4 is 60.8 Å². The number of benzene rings is 17. The molecule has 5 aliphatic carbocycles. The first-order chi connectivity index (χ1) is 50.8. The summed E-state index contributed by atoms with van der Waals surface area (Å²) in [5, 5.41) is 11.7. The molecule has 103 heavy (non-hydrogen) atoms. The highest BCUT2D eigenvalue weighted by molar-refractivity contribution is 6.26. The SMILES string of the molecule is CC1(C)c2ccc(N(c3ccc(-c4ccccc4)cc3)c3cccc4c3-c3ccccc3C43c4ccccc4-c4ccc(-c5cccc6c5-c5ccccc5C65c6ccccc6-c6c(Nc7ccc(-c8ccccc8)cc7)cccc65)cc43)cc2-c2cc3c4ccccc4c4ccccc4c3cc21. The molecule has 2 spiro atoms. The molecule has 0 bridgehead atoms. The largest absolute Gasteiger partial charge is 0.355 e. The van der Waals surface area contributed by atoms with Crippen LogP contribution in [0.1, 0.15) is 69.5 Å². The van der Waals surface area contributed by atoms with Crippen LogP contribution >= 0.6 is 0 Å². The first-order valence-electron chi connectivity index (χ1n) is 36.2. The van der Waals surface area contributed by atoms with Crippen LogP contribution in [0.15, 0.2) is 358 Å². The Morgan fingerprint density at radius 3 is 1.27 bits per heavy atom. The summed E-state index contributed by atoms with van der Waals surface area (Å²) in [4.78, 5) is 2.57. The van der Waals surface area contributed by atoms with E-state index in [1.807, 2.05) is 0 Å². The summed E-state index contributed by atoms with van der Waals surface area (Å²) < 4.78 is 0. The van der Waals surface area contributed by atoms with E-state index in [2.05, 4.69) is 382 Å². The zero-order chi connectivity index (χ0) is 67.9. The van der Waals surface area contributed by atoms with Crippen LogP contribution in [0, 0.1) is 0 Å². The second-order valence-corrected chi connectivity index (χ2v) is 29.3. The van der Waals surface area contributed by atoms with Gasteiger partial charge in [0.2, 0.25) is 0 Å². The standard InChI is InChI=1S/C101H66N2/c1-99(2)84-57-55-69(59-82(84)83-60-80-73-30-11-9-28-71(73)72-29-10-12-31-74(72)81(80)61-92(83)99)103(68-53-48-65(49-54-68)63-26-7-4-8-27-63)95-45-23-43-91-98(95)79-35-16-20-40-88(79)101(91)85-37-17-13-32-75(85)76-56-50-66(58-93(76)101)70-36-21-41-89-96(70)77-33-14-18-38-86(77)100(89)87-39-19-15-34-78(87)97-90(100)42-22-44-94(97)102-67-51-46-64(47-52-67)62-24-5-3-6-25-62/h3-61,102H,1-2H3. The van der Waals surface area contributed by atoms with Crippen LogP contribution in [0.25, 0.3) is 121 Å². The molecule has 0 amide bonds. The minimum absolute atomic E-state index is 0.245. The molecule has 0 saturated carbocycles. The van der Waals surface area contributed by atoms with Gasteiger partial charge in [-0.25, -0.2) is 0 Å². The molecule has 0 fully saturated rings. The summed E-state index contributed by atoms with van der Waals surface area (Å²) in [6.07, 6.45) is 0. The first-order valence-corrected chi connectivity index (χ1v) is 36.2. The minimum Gasteiger partial charge on any atom is -0.355 e. The molecule has 2 unspecified atom stereocenters. The highest BCUT2D eigenvalue weighted by Gasteiger charge is 2.55. The minimum atomic E-state index is -0.659. The maximum Gasteiger partial charge on any atom is 0.0726 e. The topological polar surface area (TPSA) is 15.3 Å². The number of rotatable bonds is 8. The summed E-state index contributed by atoms with van der Waals surface area (Å²) >= 11 is 0. The molecule has 0 heterocycles. The zero-order valence-corrected chi connectivity index (χ0v) is 57.0. The monoisotopic (exact) mass is 1310 g/mol. The lowest BCUT2D eigenvalue weighted by Gasteiger charge is -2.32. The Balaban J connectivity index is 0.727. The van der Waals surface area contributed by atoms with Gasteiger partial charge >= 0.3 is 0 Å². The van der Waals surface area contributed by atoms with Crippen LogP contribution in [0.2, 0.25) is 0 Å². The van der Waals surface area contributed by atoms with Crippen LogP contribution in [0.5, 0.6) is 0 Å². The fraction of sp³-hybridized carbons (Fsp3) is 0.0495. The lowest BCUT2D eigenvalue weighted by molar-refractivity contribution is 0.661. The van der Waals surface area contributed by atoms with Crippen molar-refractivity contribution in [3.63, 3.8) is 0 Å². The van der Waals surface area contributed by atoms with Crippen LogP contribution in [-0.4, -0.2) is 0 Å². The Morgan fingerprint density at radius 2 is 0.641 bits per heavy atom. The van der Waals surface area contributed by atoms with E-state index in [1.165, 1.54) is 177 Å². The molecule has 17 aromatic carbocycles. The number of hydrogen-bond donors (Lipinski definition) is 1. The summed E-state index contributed by atoms with van der Waals surface area (Å²) in [7, 11) is 0. The molecule has 1 N–H and O–H groups in total. The van der Waals surface area contributed by atoms with Crippen molar-refractivity contribution in [1.82, 2.24) is 0 Å². The Labute approximate surface area is 599 Å². The summed E-state index contributed by atoms with van der Waals surface area (Å²) in [5.74, 6) is 0. The lowest BCUT2D eigenvalue weighted by atomic mass is 9.69. The third kappa shape index (κ3) is 7.87. The van der Waals surface area contributed by atoms with Crippen LogP contribution in [-0.2, 0) is 16.2 Å². The molecular formula is C101H66N2. The van der Waals surface area contributed by atoms with E-state index in [0.717, 1.165) is 28.4 Å². The molecule has 2 heteroatoms. The van der Waals surface area contributed by atoms with Gasteiger partial charge in [-0.05, 0) is 233 Å². The molecule has 2 nitrogen and oxygen atoms in total. The molecule has 17 aromatic rings. The van der Waals surface area contributed by atoms with E-state index in [-0.39, 0.29) is 5.41 Å². The van der Waals surface area contributed by atoms with Gasteiger partial charge in [0, 0.05) is 39.3 Å². The van der Waals surface area contributed by atoms with Crippen molar-refractivity contribution in [2.75, 3.05) is 10.2 Å². The Hall–Kier alpha value is -12.9. The third-order valence-corrected chi connectivity index (χ3v) is 24.1. The molecule has 0 aliphatic heterocycles. The van der Waals surface area contributed by atoms with Gasteiger partial charge in [0.25, 0.3) is 0 Å². The normalized spacial score (nSPS) is 16.0. The van der Waals surface area contributed by atoms with E-state index in [9.17, 15) is 0 Å². The van der Waals surface area contributed by atoms with Crippen molar-refractivity contribution in [1.29, 1.82) is 0 Å².